The second kappa shape index (κ2) is 24.0. The fourth-order valence-electron chi connectivity index (χ4n) is 6.47. The van der Waals surface area contributed by atoms with Crippen LogP contribution in [0, 0.1) is 19.3 Å². The van der Waals surface area contributed by atoms with Crippen LogP contribution in [0.3, 0.4) is 0 Å². The second-order valence-corrected chi connectivity index (χ2v) is 14.3. The minimum absolute atomic E-state index is 0.0135. The molecule has 2 amide bonds. The number of aliphatic carboxylic acids is 1. The van der Waals surface area contributed by atoms with Gasteiger partial charge in [-0.1, -0.05) is 29.4 Å². The number of amides is 2. The Morgan fingerprint density at radius 1 is 0.857 bits per heavy atom. The van der Waals surface area contributed by atoms with Crippen molar-refractivity contribution in [3.63, 3.8) is 0 Å². The number of nitrogens with one attached hydrogen (secondary N) is 3. The number of carboxylic acids is 1. The van der Waals surface area contributed by atoms with Crippen LogP contribution in [0.1, 0.15) is 51.1 Å². The lowest BCUT2D eigenvalue weighted by Crippen LogP contribution is -2.28. The molecular formula is C45H51N7O11. The van der Waals surface area contributed by atoms with Crippen molar-refractivity contribution in [2.24, 2.45) is 5.11 Å². The first kappa shape index (κ1) is 47.2. The molecule has 6 N–H and O–H groups in total. The molecule has 0 aromatic heterocycles. The zero-order valence-corrected chi connectivity index (χ0v) is 35.1. The highest BCUT2D eigenvalue weighted by Gasteiger charge is 2.22. The van der Waals surface area contributed by atoms with Gasteiger partial charge >= 0.3 is 5.97 Å². The van der Waals surface area contributed by atoms with Gasteiger partial charge in [0.2, 0.25) is 5.91 Å². The Labute approximate surface area is 363 Å². The Morgan fingerprint density at radius 2 is 1.62 bits per heavy atom. The summed E-state index contributed by atoms with van der Waals surface area (Å²) in [5, 5.41) is 27.3. The van der Waals surface area contributed by atoms with Crippen LogP contribution >= 0.6 is 0 Å². The number of anilines is 1. The van der Waals surface area contributed by atoms with E-state index in [2.05, 4.69) is 20.7 Å². The molecule has 3 aromatic rings. The van der Waals surface area contributed by atoms with Gasteiger partial charge in [0.15, 0.2) is 12.0 Å². The van der Waals surface area contributed by atoms with Crippen molar-refractivity contribution >= 4 is 40.2 Å². The van der Waals surface area contributed by atoms with Crippen molar-refractivity contribution in [1.29, 1.82) is 5.41 Å². The highest BCUT2D eigenvalue weighted by molar-refractivity contribution is 6.05. The molecule has 0 fully saturated rings. The summed E-state index contributed by atoms with van der Waals surface area (Å²) in [7, 11) is 0. The van der Waals surface area contributed by atoms with Gasteiger partial charge in [0, 0.05) is 75.3 Å². The molecule has 18 nitrogen and oxygen atoms in total. The predicted octanol–water partition coefficient (Wildman–Crippen LogP) is 5.95. The van der Waals surface area contributed by atoms with Crippen molar-refractivity contribution < 1.29 is 52.4 Å². The van der Waals surface area contributed by atoms with Crippen LogP contribution in [-0.4, -0.2) is 101 Å². The second-order valence-electron chi connectivity index (χ2n) is 14.3. The van der Waals surface area contributed by atoms with Gasteiger partial charge in [0.25, 0.3) is 5.91 Å². The molecule has 0 saturated heterocycles. The molecule has 332 valence electrons. The number of nitrogens with zero attached hydrogens (tertiary/aromatic N) is 3. The Balaban J connectivity index is 0.949. The molecule has 0 bridgehead atoms. The highest BCUT2D eigenvalue weighted by Crippen LogP contribution is 2.42. The van der Waals surface area contributed by atoms with Crippen LogP contribution in [0.5, 0.6) is 5.75 Å². The zero-order valence-electron chi connectivity index (χ0n) is 35.1. The Kier molecular flexibility index (Phi) is 18.0. The van der Waals surface area contributed by atoms with Gasteiger partial charge < -0.3 is 55.0 Å². The number of hydrogen-bond acceptors (Lipinski definition) is 13. The fraction of sp³-hybridized carbons (Fsp3) is 0.356. The number of rotatable bonds is 26. The average Bonchev–Trinajstić information content (AvgIpc) is 3.28. The number of carboxylic acid groups (broad SMARTS) is 1. The average molecular weight is 866 g/mol. The highest BCUT2D eigenvalue weighted by atomic mass is 16.6. The SMILES string of the molecule is Cc1c2oc3c(C)c(N)ccc3c(-c3cccc(C(=O)NCCOCCOCCC(=O)NCCCC(=O)c4cccc(OCC(N=[N+]=[N-])OCCOCC(=O)O)c4)c3)c-2ccc1=N. The van der Waals surface area contributed by atoms with Crippen LogP contribution < -0.4 is 26.5 Å². The van der Waals surface area contributed by atoms with Gasteiger partial charge in [0.05, 0.1) is 45.0 Å². The quantitative estimate of drug-likeness (QED) is 0.00821. The molecule has 3 aromatic carbocycles. The topological polar surface area (TPSA) is 270 Å². The fourth-order valence-corrected chi connectivity index (χ4v) is 6.47. The molecular weight excluding hydrogens is 815 g/mol. The van der Waals surface area contributed by atoms with Gasteiger partial charge in [-0.05, 0) is 79.9 Å². The maximum absolute atomic E-state index is 13.2. The van der Waals surface area contributed by atoms with E-state index in [1.807, 2.05) is 50.2 Å². The third kappa shape index (κ3) is 13.8. The van der Waals surface area contributed by atoms with Crippen molar-refractivity contribution in [1.82, 2.24) is 10.6 Å². The lowest BCUT2D eigenvalue weighted by molar-refractivity contribution is -0.143. The number of azide groups is 1. The summed E-state index contributed by atoms with van der Waals surface area (Å²) in [6, 6.07) is 21.2. The number of hydrogen-bond donors (Lipinski definition) is 5. The third-order valence-electron chi connectivity index (χ3n) is 9.78. The minimum Gasteiger partial charge on any atom is -0.491 e. The molecule has 0 radical (unpaired) electrons. The normalized spacial score (nSPS) is 11.5. The summed E-state index contributed by atoms with van der Waals surface area (Å²) in [6.07, 6.45) is -0.243. The van der Waals surface area contributed by atoms with Crippen LogP contribution in [0.15, 0.2) is 82.3 Å². The number of fused-ring (bicyclic) bond motifs is 2. The van der Waals surface area contributed by atoms with Crippen molar-refractivity contribution in [2.45, 2.75) is 39.3 Å². The molecule has 0 spiro atoms. The first-order valence-electron chi connectivity index (χ1n) is 20.3. The zero-order chi connectivity index (χ0) is 45.1. The van der Waals surface area contributed by atoms with Gasteiger partial charge in [-0.25, -0.2) is 4.79 Å². The van der Waals surface area contributed by atoms with E-state index in [9.17, 15) is 19.2 Å². The summed E-state index contributed by atoms with van der Waals surface area (Å²) in [5.74, 6) is -0.768. The molecule has 2 aliphatic rings. The molecule has 63 heavy (non-hydrogen) atoms. The first-order chi connectivity index (χ1) is 30.5. The Bertz CT molecular complexity index is 2470. The van der Waals surface area contributed by atoms with Gasteiger partial charge in [0.1, 0.15) is 30.3 Å². The number of ether oxygens (including phenoxy) is 5. The lowest BCUT2D eigenvalue weighted by atomic mass is 9.90. The molecule has 5 rings (SSSR count). The van der Waals surface area contributed by atoms with Crippen molar-refractivity contribution in [3.8, 4) is 28.2 Å². The molecule has 1 aliphatic carbocycles. The standard InChI is InChI=1S/C45H51N7O11/c1-28-36(46)13-11-34-42(35-12-14-37(47)29(2)44(35)63-43(28)34)31-7-3-8-32(24-31)45(57)50-17-19-59-21-20-58-18-15-39(54)49-16-5-10-38(53)30-6-4-9-33(25-30)62-26-40(51-52-48)61-23-22-60-27-41(55)56/h3-4,6-9,11-14,24-25,40,46H,5,10,15-23,26-27,47H2,1-2H3,(H,49,54)(H,50,57)(H,55,56). The molecule has 0 saturated carbocycles. The molecule has 1 heterocycles. The number of aryl methyl sites for hydroxylation is 1. The van der Waals surface area contributed by atoms with E-state index < -0.39 is 18.8 Å². The Hall–Kier alpha value is -6.82. The van der Waals surface area contributed by atoms with E-state index in [0.29, 0.717) is 57.8 Å². The molecule has 1 aliphatic heterocycles. The van der Waals surface area contributed by atoms with E-state index in [1.165, 1.54) is 0 Å². The number of nitrogens with two attached hydrogens (primary N) is 1. The summed E-state index contributed by atoms with van der Waals surface area (Å²) in [6.45, 7) is 4.68. The van der Waals surface area contributed by atoms with Crippen molar-refractivity contribution in [2.75, 3.05) is 71.7 Å². The summed E-state index contributed by atoms with van der Waals surface area (Å²) in [5.41, 5.74) is 21.2. The largest absolute Gasteiger partial charge is 0.491 e. The van der Waals surface area contributed by atoms with Crippen molar-refractivity contribution in [3.05, 3.63) is 111 Å². The molecule has 1 unspecified atom stereocenters. The first-order valence-corrected chi connectivity index (χ1v) is 20.3. The number of nitrogen functional groups attached to an aromatic ring is 1. The number of ketones is 1. The van der Waals surface area contributed by atoms with Crippen LogP contribution in [0.25, 0.3) is 43.9 Å². The van der Waals surface area contributed by atoms with Gasteiger partial charge in [-0.15, -0.1) is 0 Å². The predicted molar refractivity (Wildman–Crippen MR) is 232 cm³/mol. The monoisotopic (exact) mass is 865 g/mol. The van der Waals surface area contributed by atoms with Gasteiger partial charge in [-0.2, -0.15) is 0 Å². The number of benzene rings is 4. The number of carbonyl (C=O) groups is 4. The van der Waals surface area contributed by atoms with E-state index in [-0.39, 0.29) is 83.2 Å². The van der Waals surface area contributed by atoms with E-state index in [0.717, 1.165) is 27.6 Å². The summed E-state index contributed by atoms with van der Waals surface area (Å²) < 4.78 is 33.3. The van der Waals surface area contributed by atoms with Gasteiger partial charge in [-0.3, -0.25) is 14.4 Å². The smallest absolute Gasteiger partial charge is 0.329 e. The summed E-state index contributed by atoms with van der Waals surface area (Å²) >= 11 is 0. The van der Waals surface area contributed by atoms with Crippen LogP contribution in [-0.2, 0) is 28.5 Å². The van der Waals surface area contributed by atoms with E-state index in [4.69, 9.17) is 49.9 Å². The van der Waals surface area contributed by atoms with E-state index >= 15 is 0 Å². The third-order valence-corrected chi connectivity index (χ3v) is 9.78. The summed E-state index contributed by atoms with van der Waals surface area (Å²) in [4.78, 5) is 51.4. The lowest BCUT2D eigenvalue weighted by Gasteiger charge is -2.19. The maximum Gasteiger partial charge on any atom is 0.329 e. The number of Topliss-reactive ketones (excluding diaryl/α,β-unsaturated/α-hetero) is 1. The number of carbonyl (C=O) groups excluding carboxylic acids is 3. The molecule has 1 atom stereocenters. The Morgan fingerprint density at radius 3 is 2.41 bits per heavy atom. The van der Waals surface area contributed by atoms with Crippen LogP contribution in [0.4, 0.5) is 5.69 Å². The molecule has 18 heteroatoms. The van der Waals surface area contributed by atoms with Crippen LogP contribution in [0.2, 0.25) is 0 Å². The maximum atomic E-state index is 13.2. The minimum atomic E-state index is -1.11. The van der Waals surface area contributed by atoms with E-state index in [1.54, 1.807) is 36.4 Å².